The zero-order valence-electron chi connectivity index (χ0n) is 13.4. The first-order valence-corrected chi connectivity index (χ1v) is 6.25. The Morgan fingerprint density at radius 3 is 1.47 bits per heavy atom. The van der Waals surface area contributed by atoms with E-state index in [1.807, 2.05) is 45.1 Å². The van der Waals surface area contributed by atoms with Crippen LogP contribution < -0.4 is 0 Å². The smallest absolute Gasteiger partial charge is 0.0262 e. The second kappa shape index (κ2) is 26.7. The van der Waals surface area contributed by atoms with Gasteiger partial charge in [-0.05, 0) is 24.0 Å². The average Bonchev–Trinajstić information content (AvgIpc) is 2.28. The molecule has 0 aliphatic heterocycles. The van der Waals surface area contributed by atoms with E-state index < -0.39 is 0 Å². The molecule has 114 valence electrons. The fourth-order valence-electron chi connectivity index (χ4n) is 0.599. The fraction of sp³-hybridized carbons (Fsp3) is 0.412. The van der Waals surface area contributed by atoms with Crippen LogP contribution in [-0.4, -0.2) is 0 Å². The molecule has 0 atom stereocenters. The molecule has 0 aromatic heterocycles. The van der Waals surface area contributed by atoms with Crippen LogP contribution in [0.2, 0.25) is 0 Å². The minimum atomic E-state index is 0. The van der Waals surface area contributed by atoms with Crippen molar-refractivity contribution in [1.29, 1.82) is 0 Å². The molecule has 19 heavy (non-hydrogen) atoms. The molecule has 0 fully saturated rings. The highest BCUT2D eigenvalue weighted by Gasteiger charge is 1.87. The normalized spacial score (nSPS) is 8.37. The first-order valence-electron chi connectivity index (χ1n) is 6.25. The van der Waals surface area contributed by atoms with E-state index in [0.29, 0.717) is 0 Å². The van der Waals surface area contributed by atoms with Crippen molar-refractivity contribution >= 4 is 48.0 Å². The van der Waals surface area contributed by atoms with Gasteiger partial charge >= 0.3 is 0 Å². The van der Waals surface area contributed by atoms with Crippen LogP contribution in [-0.2, 0) is 0 Å². The van der Waals surface area contributed by atoms with Crippen molar-refractivity contribution in [1.82, 2.24) is 0 Å². The van der Waals surface area contributed by atoms with Crippen molar-refractivity contribution in [2.75, 3.05) is 0 Å². The van der Waals surface area contributed by atoms with Gasteiger partial charge in [-0.1, -0.05) is 84.7 Å². The van der Waals surface area contributed by atoms with Gasteiger partial charge in [-0.3, -0.25) is 0 Å². The molecular weight excluding hydrogens is 458 g/mol. The minimum Gasteiger partial charge on any atom is -0.107 e. The van der Waals surface area contributed by atoms with E-state index in [1.165, 1.54) is 0 Å². The lowest BCUT2D eigenvalue weighted by atomic mass is 10.1. The van der Waals surface area contributed by atoms with E-state index in [1.54, 1.807) is 6.08 Å². The molecule has 0 heterocycles. The Kier molecular flexibility index (Phi) is 44.2. The molecule has 0 saturated carbocycles. The Hall–Kier alpha value is 0.160. The lowest BCUT2D eigenvalue weighted by Gasteiger charge is -1.95. The Morgan fingerprint density at radius 1 is 0.895 bits per heavy atom. The lowest BCUT2D eigenvalue weighted by molar-refractivity contribution is 0.737. The molecule has 0 aromatic rings. The maximum atomic E-state index is 3.83. The summed E-state index contributed by atoms with van der Waals surface area (Å²) in [4.78, 5) is 0. The third-order valence-electron chi connectivity index (χ3n) is 1.21. The van der Waals surface area contributed by atoms with Crippen LogP contribution in [0.5, 0.6) is 0 Å². The van der Waals surface area contributed by atoms with Crippen molar-refractivity contribution in [3.8, 4) is 0 Å². The zero-order valence-corrected chi connectivity index (χ0v) is 18.1. The molecule has 0 N–H and O–H groups in total. The van der Waals surface area contributed by atoms with E-state index in [4.69, 9.17) is 0 Å². The third kappa shape index (κ3) is 38.1. The number of hydrogen-bond donors (Lipinski definition) is 0. The van der Waals surface area contributed by atoms with Crippen LogP contribution in [0.25, 0.3) is 0 Å². The molecule has 0 aromatic carbocycles. The van der Waals surface area contributed by atoms with Crippen molar-refractivity contribution in [2.45, 2.75) is 41.5 Å². The number of allylic oxidation sites excluding steroid dienone is 7. The molecule has 0 nitrogen and oxygen atoms in total. The minimum absolute atomic E-state index is 0. The van der Waals surface area contributed by atoms with Crippen LogP contribution >= 0.6 is 48.0 Å². The van der Waals surface area contributed by atoms with Crippen LogP contribution in [0.4, 0.5) is 0 Å². The van der Waals surface area contributed by atoms with Crippen molar-refractivity contribution in [2.24, 2.45) is 5.92 Å². The summed E-state index contributed by atoms with van der Waals surface area (Å²) in [5, 5.41) is 0. The SMILES string of the molecule is C=C/C=C\C(=C)C(=C)/C=C\C.CC.CC(C)C.I.I. The van der Waals surface area contributed by atoms with Crippen LogP contribution in [0.15, 0.2) is 61.3 Å². The van der Waals surface area contributed by atoms with Crippen LogP contribution in [0.3, 0.4) is 0 Å². The topological polar surface area (TPSA) is 0 Å². The molecular formula is C17H32I2. The molecule has 0 radical (unpaired) electrons. The van der Waals surface area contributed by atoms with E-state index in [-0.39, 0.29) is 48.0 Å². The third-order valence-corrected chi connectivity index (χ3v) is 1.21. The highest BCUT2D eigenvalue weighted by atomic mass is 127. The lowest BCUT2D eigenvalue weighted by Crippen LogP contribution is -1.76. The Bertz CT molecular complexity index is 256. The summed E-state index contributed by atoms with van der Waals surface area (Å²) >= 11 is 0. The van der Waals surface area contributed by atoms with Gasteiger partial charge in [0.05, 0.1) is 0 Å². The molecule has 0 spiro atoms. The predicted octanol–water partition coefficient (Wildman–Crippen LogP) is 7.34. The van der Waals surface area contributed by atoms with Gasteiger partial charge < -0.3 is 0 Å². The second-order valence-electron chi connectivity index (χ2n) is 3.88. The van der Waals surface area contributed by atoms with Gasteiger partial charge in [-0.25, -0.2) is 0 Å². The Balaban J connectivity index is -0.0000000704. The number of rotatable bonds is 4. The monoisotopic (exact) mass is 490 g/mol. The van der Waals surface area contributed by atoms with E-state index >= 15 is 0 Å². The molecule has 0 amide bonds. The Labute approximate surface area is 155 Å². The van der Waals surface area contributed by atoms with Crippen molar-refractivity contribution in [3.05, 3.63) is 61.3 Å². The molecule has 0 rings (SSSR count). The van der Waals surface area contributed by atoms with Gasteiger partial charge in [0.2, 0.25) is 0 Å². The van der Waals surface area contributed by atoms with Crippen LogP contribution in [0.1, 0.15) is 41.5 Å². The zero-order chi connectivity index (χ0) is 14.3. The summed E-state index contributed by atoms with van der Waals surface area (Å²) in [6, 6.07) is 0. The molecule has 0 aliphatic carbocycles. The summed E-state index contributed by atoms with van der Waals surface area (Å²) < 4.78 is 0. The van der Waals surface area contributed by atoms with Gasteiger partial charge in [-0.2, -0.15) is 0 Å². The van der Waals surface area contributed by atoms with Crippen molar-refractivity contribution in [3.63, 3.8) is 0 Å². The van der Waals surface area contributed by atoms with Crippen LogP contribution in [0, 0.1) is 5.92 Å². The second-order valence-corrected chi connectivity index (χ2v) is 3.88. The van der Waals surface area contributed by atoms with Crippen molar-refractivity contribution < 1.29 is 0 Å². The number of hydrogen-bond acceptors (Lipinski definition) is 0. The summed E-state index contributed by atoms with van der Waals surface area (Å²) in [5.41, 5.74) is 1.86. The van der Waals surface area contributed by atoms with Gasteiger partial charge in [-0.15, -0.1) is 48.0 Å². The standard InChI is InChI=1S/C11H14.C4H10.C2H6.2HI/c1-5-7-9-11(4)10(3)8-6-2;1-4(2)3;1-2;;/h5-9H,1,3-4H2,2H3;4H,1-3H3;1-2H3;2*1H/b8-6-,9-7-;;;;. The van der Waals surface area contributed by atoms with Gasteiger partial charge in [0.15, 0.2) is 0 Å². The summed E-state index contributed by atoms with van der Waals surface area (Å²) in [6.45, 7) is 23.7. The maximum Gasteiger partial charge on any atom is -0.0262 e. The summed E-state index contributed by atoms with van der Waals surface area (Å²) in [7, 11) is 0. The quantitative estimate of drug-likeness (QED) is 0.286. The fourth-order valence-corrected chi connectivity index (χ4v) is 0.599. The predicted molar refractivity (Wildman–Crippen MR) is 115 cm³/mol. The molecule has 0 bridgehead atoms. The molecule has 0 unspecified atom stereocenters. The molecule has 2 heteroatoms. The summed E-state index contributed by atoms with van der Waals surface area (Å²) in [5.74, 6) is 0.833. The Morgan fingerprint density at radius 2 is 1.21 bits per heavy atom. The average molecular weight is 490 g/mol. The van der Waals surface area contributed by atoms with Gasteiger partial charge in [0.1, 0.15) is 0 Å². The number of halogens is 2. The first-order chi connectivity index (χ1) is 7.95. The van der Waals surface area contributed by atoms with Gasteiger partial charge in [0.25, 0.3) is 0 Å². The molecule has 0 saturated heterocycles. The van der Waals surface area contributed by atoms with E-state index in [0.717, 1.165) is 17.1 Å². The van der Waals surface area contributed by atoms with E-state index in [2.05, 4.69) is 40.5 Å². The molecule has 0 aliphatic rings. The largest absolute Gasteiger partial charge is 0.107 e. The van der Waals surface area contributed by atoms with Gasteiger partial charge in [0, 0.05) is 0 Å². The summed E-state index contributed by atoms with van der Waals surface area (Å²) in [6.07, 6.45) is 9.31. The van der Waals surface area contributed by atoms with E-state index in [9.17, 15) is 0 Å². The first kappa shape index (κ1) is 31.5. The highest BCUT2D eigenvalue weighted by Crippen LogP contribution is 2.07. The highest BCUT2D eigenvalue weighted by molar-refractivity contribution is 14.0. The maximum absolute atomic E-state index is 3.83.